The molecule has 6 rings (SSSR count). The first kappa shape index (κ1) is 26.5. The molecule has 2 bridgehead atoms. The zero-order chi connectivity index (χ0) is 28.2. The van der Waals surface area contributed by atoms with E-state index in [1.807, 2.05) is 81.4 Å². The maximum atomic E-state index is 14.3. The average Bonchev–Trinajstić information content (AvgIpc) is 3.50. The number of carbonyl (C=O) groups excluding carboxylic acids is 3. The van der Waals surface area contributed by atoms with Crippen LogP contribution < -0.4 is 10.6 Å². The van der Waals surface area contributed by atoms with Gasteiger partial charge in [0.15, 0.2) is 0 Å². The molecule has 2 unspecified atom stereocenters. The van der Waals surface area contributed by atoms with Gasteiger partial charge in [-0.3, -0.25) is 14.4 Å². The molecule has 0 aliphatic carbocycles. The standard InChI is InChI=1S/C32H35N3O5/c1-19(2)24(18-36)35-27(29(38)34-23-14-13-20-9-7-8-10-21(20)17-23)32-16-15-31(3,40-32)25(26(32)30(35)39)28(37)33-22-11-5-4-6-12-22/h4-14,17,19,24-27,36H,15-16,18H2,1-3H3,(H,33,37)(H,34,38)/t24-,25-,26-,27?,31+,32?/m0/s1. The number of carbonyl (C=O) groups is 3. The van der Waals surface area contributed by atoms with Gasteiger partial charge < -0.3 is 25.4 Å². The summed E-state index contributed by atoms with van der Waals surface area (Å²) >= 11 is 0. The molecule has 6 atom stereocenters. The molecule has 3 N–H and O–H groups in total. The Bertz CT molecular complexity index is 1480. The van der Waals surface area contributed by atoms with E-state index >= 15 is 0 Å². The monoisotopic (exact) mass is 541 g/mol. The predicted molar refractivity (Wildman–Crippen MR) is 152 cm³/mol. The number of anilines is 2. The number of amides is 3. The molecule has 3 saturated heterocycles. The lowest BCUT2D eigenvalue weighted by Gasteiger charge is -2.38. The van der Waals surface area contributed by atoms with Crippen LogP contribution in [0.3, 0.4) is 0 Å². The number of aliphatic hydroxyl groups is 1. The van der Waals surface area contributed by atoms with Crippen molar-refractivity contribution < 1.29 is 24.2 Å². The Balaban J connectivity index is 1.39. The van der Waals surface area contributed by atoms with Gasteiger partial charge in [-0.25, -0.2) is 0 Å². The highest BCUT2D eigenvalue weighted by Crippen LogP contribution is 2.63. The second-order valence-electron chi connectivity index (χ2n) is 11.9. The topological polar surface area (TPSA) is 108 Å². The molecule has 40 heavy (non-hydrogen) atoms. The SMILES string of the molecule is CC(C)[C@H](CO)N1C(=O)[C@@H]2[C@@H](C(=O)Nc3ccccc3)[C@@]3(C)CCC2(O3)C1C(=O)Nc1ccc2ccccc2c1. The quantitative estimate of drug-likeness (QED) is 0.416. The lowest BCUT2D eigenvalue weighted by molar-refractivity contribution is -0.148. The number of likely N-dealkylation sites (tertiary alicyclic amines) is 1. The fraction of sp³-hybridized carbons (Fsp3) is 0.406. The van der Waals surface area contributed by atoms with Gasteiger partial charge in [-0.15, -0.1) is 0 Å². The molecule has 3 fully saturated rings. The summed E-state index contributed by atoms with van der Waals surface area (Å²) in [5.41, 5.74) is -0.818. The normalized spacial score (nSPS) is 29.6. The van der Waals surface area contributed by atoms with Gasteiger partial charge in [0, 0.05) is 11.4 Å². The van der Waals surface area contributed by atoms with Crippen LogP contribution in [0.5, 0.6) is 0 Å². The van der Waals surface area contributed by atoms with Gasteiger partial charge in [-0.05, 0) is 60.7 Å². The summed E-state index contributed by atoms with van der Waals surface area (Å²) in [6.07, 6.45) is 1.01. The van der Waals surface area contributed by atoms with Crippen LogP contribution in [0.1, 0.15) is 33.6 Å². The smallest absolute Gasteiger partial charge is 0.250 e. The van der Waals surface area contributed by atoms with Gasteiger partial charge in [-0.1, -0.05) is 62.4 Å². The van der Waals surface area contributed by atoms with E-state index < -0.39 is 35.1 Å². The van der Waals surface area contributed by atoms with Crippen molar-refractivity contribution in [2.75, 3.05) is 17.2 Å². The van der Waals surface area contributed by atoms with Crippen LogP contribution in [0.15, 0.2) is 72.8 Å². The first-order valence-electron chi connectivity index (χ1n) is 14.0. The predicted octanol–water partition coefficient (Wildman–Crippen LogP) is 4.20. The van der Waals surface area contributed by atoms with Crippen molar-refractivity contribution in [3.8, 4) is 0 Å². The van der Waals surface area contributed by atoms with Crippen LogP contribution in [0, 0.1) is 17.8 Å². The third-order valence-electron chi connectivity index (χ3n) is 9.12. The molecule has 8 heteroatoms. The number of para-hydroxylation sites is 1. The van der Waals surface area contributed by atoms with Gasteiger partial charge in [0.05, 0.1) is 30.1 Å². The second kappa shape index (κ2) is 9.71. The van der Waals surface area contributed by atoms with Crippen LogP contribution >= 0.6 is 0 Å². The second-order valence-corrected chi connectivity index (χ2v) is 11.9. The van der Waals surface area contributed by atoms with Gasteiger partial charge in [0.2, 0.25) is 17.7 Å². The molecule has 0 aromatic heterocycles. The van der Waals surface area contributed by atoms with E-state index in [4.69, 9.17) is 4.74 Å². The number of benzene rings is 3. The van der Waals surface area contributed by atoms with Crippen molar-refractivity contribution in [1.82, 2.24) is 4.90 Å². The zero-order valence-electron chi connectivity index (χ0n) is 23.0. The molecule has 208 valence electrons. The Kier molecular flexibility index (Phi) is 6.43. The Morgan fingerprint density at radius 3 is 2.33 bits per heavy atom. The van der Waals surface area contributed by atoms with E-state index in [-0.39, 0.29) is 30.2 Å². The lowest BCUT2D eigenvalue weighted by Crippen LogP contribution is -2.57. The Labute approximate surface area is 233 Å². The number of nitrogens with zero attached hydrogens (tertiary/aromatic N) is 1. The first-order chi connectivity index (χ1) is 19.2. The summed E-state index contributed by atoms with van der Waals surface area (Å²) in [7, 11) is 0. The van der Waals surface area contributed by atoms with Gasteiger partial charge >= 0.3 is 0 Å². The fourth-order valence-corrected chi connectivity index (χ4v) is 7.26. The van der Waals surface area contributed by atoms with Crippen LogP contribution in [-0.2, 0) is 19.1 Å². The number of rotatable bonds is 7. The Morgan fingerprint density at radius 1 is 0.950 bits per heavy atom. The molecule has 3 aromatic carbocycles. The van der Waals surface area contributed by atoms with Gasteiger partial charge in [-0.2, -0.15) is 0 Å². The van der Waals surface area contributed by atoms with Gasteiger partial charge in [0.25, 0.3) is 0 Å². The lowest BCUT2D eigenvalue weighted by atomic mass is 9.66. The van der Waals surface area contributed by atoms with E-state index in [1.165, 1.54) is 4.90 Å². The van der Waals surface area contributed by atoms with Crippen molar-refractivity contribution in [2.24, 2.45) is 17.8 Å². The maximum absolute atomic E-state index is 14.3. The summed E-state index contributed by atoms with van der Waals surface area (Å²) in [5, 5.41) is 18.4. The average molecular weight is 542 g/mol. The van der Waals surface area contributed by atoms with E-state index in [9.17, 15) is 19.5 Å². The molecule has 3 amide bonds. The van der Waals surface area contributed by atoms with E-state index in [1.54, 1.807) is 12.1 Å². The minimum atomic E-state index is -1.17. The fourth-order valence-electron chi connectivity index (χ4n) is 7.26. The summed E-state index contributed by atoms with van der Waals surface area (Å²) in [6, 6.07) is 21.1. The summed E-state index contributed by atoms with van der Waals surface area (Å²) in [5.74, 6) is -2.73. The van der Waals surface area contributed by atoms with Crippen molar-refractivity contribution in [3.05, 3.63) is 72.8 Å². The van der Waals surface area contributed by atoms with Crippen molar-refractivity contribution in [1.29, 1.82) is 0 Å². The molecular weight excluding hydrogens is 506 g/mol. The highest BCUT2D eigenvalue weighted by molar-refractivity contribution is 6.06. The molecule has 0 radical (unpaired) electrons. The van der Waals surface area contributed by atoms with E-state index in [0.717, 1.165) is 10.8 Å². The number of hydrogen-bond donors (Lipinski definition) is 3. The maximum Gasteiger partial charge on any atom is 0.250 e. The molecule has 3 heterocycles. The molecule has 3 aliphatic rings. The molecule has 3 aromatic rings. The number of nitrogens with one attached hydrogen (secondary N) is 2. The van der Waals surface area contributed by atoms with Crippen molar-refractivity contribution in [2.45, 2.75) is 56.9 Å². The molecular formula is C32H35N3O5. The minimum absolute atomic E-state index is 0.121. The molecule has 3 aliphatic heterocycles. The Morgan fingerprint density at radius 2 is 1.62 bits per heavy atom. The third-order valence-corrected chi connectivity index (χ3v) is 9.12. The minimum Gasteiger partial charge on any atom is -0.394 e. The van der Waals surface area contributed by atoms with E-state index in [0.29, 0.717) is 24.2 Å². The largest absolute Gasteiger partial charge is 0.394 e. The molecule has 0 saturated carbocycles. The van der Waals surface area contributed by atoms with Crippen LogP contribution in [-0.4, -0.2) is 57.6 Å². The highest BCUT2D eigenvalue weighted by atomic mass is 16.5. The number of aliphatic hydroxyl groups excluding tert-OH is 1. The Hall–Kier alpha value is -3.75. The number of hydrogen-bond acceptors (Lipinski definition) is 5. The van der Waals surface area contributed by atoms with Crippen molar-refractivity contribution in [3.63, 3.8) is 0 Å². The number of ether oxygens (including phenoxy) is 1. The highest BCUT2D eigenvalue weighted by Gasteiger charge is 2.78. The summed E-state index contributed by atoms with van der Waals surface area (Å²) in [6.45, 7) is 5.40. The first-order valence-corrected chi connectivity index (χ1v) is 14.0. The van der Waals surface area contributed by atoms with Crippen LogP contribution in [0.4, 0.5) is 11.4 Å². The van der Waals surface area contributed by atoms with Crippen LogP contribution in [0.2, 0.25) is 0 Å². The summed E-state index contributed by atoms with van der Waals surface area (Å²) < 4.78 is 6.69. The number of fused-ring (bicyclic) bond motifs is 2. The van der Waals surface area contributed by atoms with Crippen LogP contribution in [0.25, 0.3) is 10.8 Å². The van der Waals surface area contributed by atoms with E-state index in [2.05, 4.69) is 10.6 Å². The summed E-state index contributed by atoms with van der Waals surface area (Å²) in [4.78, 5) is 43.8. The third kappa shape index (κ3) is 4.00. The molecule has 1 spiro atoms. The zero-order valence-corrected chi connectivity index (χ0v) is 23.0. The van der Waals surface area contributed by atoms with Crippen molar-refractivity contribution >= 4 is 39.9 Å². The van der Waals surface area contributed by atoms with Gasteiger partial charge in [0.1, 0.15) is 11.6 Å². The molecule has 8 nitrogen and oxygen atoms in total.